The summed E-state index contributed by atoms with van der Waals surface area (Å²) in [5.41, 5.74) is 1.61. The summed E-state index contributed by atoms with van der Waals surface area (Å²) >= 11 is 5.88. The lowest BCUT2D eigenvalue weighted by Gasteiger charge is -1.94. The summed E-state index contributed by atoms with van der Waals surface area (Å²) in [6, 6.07) is 0. The highest BCUT2D eigenvalue weighted by Crippen LogP contribution is 2.15. The average molecular weight is 227 g/mol. The van der Waals surface area contributed by atoms with Crippen LogP contribution in [0, 0.1) is 0 Å². The first-order valence-corrected chi connectivity index (χ1v) is 4.98. The van der Waals surface area contributed by atoms with E-state index in [1.54, 1.807) is 9.36 Å². The van der Waals surface area contributed by atoms with E-state index in [4.69, 9.17) is 11.6 Å². The van der Waals surface area contributed by atoms with Gasteiger partial charge >= 0.3 is 0 Å². The van der Waals surface area contributed by atoms with E-state index in [2.05, 4.69) is 20.6 Å². The number of nitrogens with zero attached hydrogens (tertiary/aromatic N) is 6. The van der Waals surface area contributed by atoms with Crippen LogP contribution in [0.3, 0.4) is 0 Å². The molecule has 6 nitrogen and oxygen atoms in total. The van der Waals surface area contributed by atoms with Crippen molar-refractivity contribution in [1.82, 2.24) is 30.0 Å². The first kappa shape index (κ1) is 10.1. The fourth-order valence-corrected chi connectivity index (χ4v) is 1.31. The number of aryl methyl sites for hydroxylation is 1. The number of hydrogen-bond donors (Lipinski definition) is 0. The number of alkyl halides is 1. The second-order valence-corrected chi connectivity index (χ2v) is 4.00. The minimum Gasteiger partial charge on any atom is -0.255 e. The fourth-order valence-electron chi connectivity index (χ4n) is 1.21. The van der Waals surface area contributed by atoms with Crippen LogP contribution in [-0.4, -0.2) is 30.0 Å². The summed E-state index contributed by atoms with van der Waals surface area (Å²) in [5.74, 6) is 0. The Morgan fingerprint density at radius 2 is 2.13 bits per heavy atom. The van der Waals surface area contributed by atoms with Gasteiger partial charge in [0.2, 0.25) is 0 Å². The molecule has 0 saturated heterocycles. The Bertz CT molecular complexity index is 445. The maximum absolute atomic E-state index is 5.88. The Hall–Kier alpha value is -1.43. The summed E-state index contributed by atoms with van der Waals surface area (Å²) in [6.45, 7) is 2.42. The quantitative estimate of drug-likeness (QED) is 0.725. The number of aromatic nitrogens is 6. The van der Waals surface area contributed by atoms with Crippen LogP contribution in [0.1, 0.15) is 23.7 Å². The molecule has 2 aromatic heterocycles. The van der Waals surface area contributed by atoms with Crippen molar-refractivity contribution < 1.29 is 0 Å². The molecule has 0 aliphatic rings. The first-order chi connectivity index (χ1) is 7.15. The highest BCUT2D eigenvalue weighted by molar-refractivity contribution is 6.20. The Kier molecular flexibility index (Phi) is 2.68. The summed E-state index contributed by atoms with van der Waals surface area (Å²) in [5, 5.41) is 15.6. The Labute approximate surface area is 91.8 Å². The van der Waals surface area contributed by atoms with E-state index in [0.29, 0.717) is 6.54 Å². The van der Waals surface area contributed by atoms with Crippen LogP contribution < -0.4 is 0 Å². The van der Waals surface area contributed by atoms with Crippen molar-refractivity contribution in [3.63, 3.8) is 0 Å². The molecule has 15 heavy (non-hydrogen) atoms. The molecule has 2 rings (SSSR count). The lowest BCUT2D eigenvalue weighted by molar-refractivity contribution is 0.636. The second-order valence-electron chi connectivity index (χ2n) is 3.34. The predicted octanol–water partition coefficient (Wildman–Crippen LogP) is 0.755. The monoisotopic (exact) mass is 226 g/mol. The van der Waals surface area contributed by atoms with Gasteiger partial charge < -0.3 is 0 Å². The van der Waals surface area contributed by atoms with Gasteiger partial charge in [-0.3, -0.25) is 4.68 Å². The molecule has 0 aliphatic heterocycles. The van der Waals surface area contributed by atoms with Gasteiger partial charge in [0.05, 0.1) is 18.1 Å². The van der Waals surface area contributed by atoms with Crippen molar-refractivity contribution in [3.05, 3.63) is 23.8 Å². The summed E-state index contributed by atoms with van der Waals surface area (Å²) in [7, 11) is 1.82. The fraction of sp³-hybridized carbons (Fsp3) is 0.500. The molecule has 1 atom stereocenters. The smallest absolute Gasteiger partial charge is 0.104 e. The van der Waals surface area contributed by atoms with Crippen LogP contribution in [0.15, 0.2) is 12.4 Å². The number of rotatable bonds is 3. The van der Waals surface area contributed by atoms with E-state index in [1.807, 2.05) is 26.4 Å². The van der Waals surface area contributed by atoms with Gasteiger partial charge in [-0.25, -0.2) is 4.68 Å². The molecular formula is C8H11ClN6. The molecular weight excluding hydrogens is 216 g/mol. The molecule has 2 heterocycles. The van der Waals surface area contributed by atoms with E-state index in [9.17, 15) is 0 Å². The molecule has 0 bridgehead atoms. The number of halogens is 1. The van der Waals surface area contributed by atoms with Crippen LogP contribution in [0.4, 0.5) is 0 Å². The van der Waals surface area contributed by atoms with Crippen molar-refractivity contribution in [3.8, 4) is 0 Å². The summed E-state index contributed by atoms with van der Waals surface area (Å²) < 4.78 is 3.34. The van der Waals surface area contributed by atoms with E-state index >= 15 is 0 Å². The largest absolute Gasteiger partial charge is 0.255 e. The first-order valence-electron chi connectivity index (χ1n) is 4.54. The topological polar surface area (TPSA) is 61.4 Å². The van der Waals surface area contributed by atoms with Crippen LogP contribution in [0.2, 0.25) is 0 Å². The third-order valence-electron chi connectivity index (χ3n) is 1.94. The predicted molar refractivity (Wildman–Crippen MR) is 54.4 cm³/mol. The third-order valence-corrected chi connectivity index (χ3v) is 2.16. The van der Waals surface area contributed by atoms with Gasteiger partial charge in [0.1, 0.15) is 11.4 Å². The molecule has 1 unspecified atom stereocenters. The standard InChI is InChI=1S/C8H11ClN6/c1-6(9)8-5-15(13-11-8)4-7-3-14(2)12-10-7/h3,5-6H,4H2,1-2H3. The maximum Gasteiger partial charge on any atom is 0.104 e. The summed E-state index contributed by atoms with van der Waals surface area (Å²) in [6.07, 6.45) is 3.65. The zero-order chi connectivity index (χ0) is 10.8. The molecule has 7 heteroatoms. The van der Waals surface area contributed by atoms with Gasteiger partial charge in [-0.05, 0) is 6.92 Å². The molecule has 80 valence electrons. The van der Waals surface area contributed by atoms with Gasteiger partial charge in [0, 0.05) is 13.2 Å². The molecule has 0 aromatic carbocycles. The van der Waals surface area contributed by atoms with Gasteiger partial charge in [0.15, 0.2) is 0 Å². The van der Waals surface area contributed by atoms with Crippen molar-refractivity contribution in [2.24, 2.45) is 7.05 Å². The van der Waals surface area contributed by atoms with E-state index in [-0.39, 0.29) is 5.38 Å². The molecule has 0 aliphatic carbocycles. The van der Waals surface area contributed by atoms with Crippen molar-refractivity contribution in [2.45, 2.75) is 18.8 Å². The van der Waals surface area contributed by atoms with Crippen molar-refractivity contribution in [2.75, 3.05) is 0 Å². The zero-order valence-electron chi connectivity index (χ0n) is 8.50. The molecule has 0 amide bonds. The van der Waals surface area contributed by atoms with Gasteiger partial charge in [-0.2, -0.15) is 0 Å². The van der Waals surface area contributed by atoms with Crippen molar-refractivity contribution in [1.29, 1.82) is 0 Å². The lowest BCUT2D eigenvalue weighted by Crippen LogP contribution is -2.00. The molecule has 0 radical (unpaired) electrons. The second kappa shape index (κ2) is 3.98. The SMILES string of the molecule is CC(Cl)c1cn(Cc2cn(C)nn2)nn1. The molecule has 2 aromatic rings. The van der Waals surface area contributed by atoms with E-state index < -0.39 is 0 Å². The average Bonchev–Trinajstić information content (AvgIpc) is 2.76. The summed E-state index contributed by atoms with van der Waals surface area (Å²) in [4.78, 5) is 0. The Morgan fingerprint density at radius 1 is 1.33 bits per heavy atom. The highest BCUT2D eigenvalue weighted by Gasteiger charge is 2.07. The molecule has 0 fully saturated rings. The van der Waals surface area contributed by atoms with Gasteiger partial charge in [0.25, 0.3) is 0 Å². The molecule has 0 spiro atoms. The highest BCUT2D eigenvalue weighted by atomic mass is 35.5. The molecule has 0 N–H and O–H groups in total. The minimum atomic E-state index is -0.124. The van der Waals surface area contributed by atoms with Crippen LogP contribution in [-0.2, 0) is 13.6 Å². The zero-order valence-corrected chi connectivity index (χ0v) is 9.26. The normalized spacial score (nSPS) is 13.0. The van der Waals surface area contributed by atoms with Gasteiger partial charge in [-0.1, -0.05) is 10.4 Å². The van der Waals surface area contributed by atoms with E-state index in [0.717, 1.165) is 11.4 Å². The Morgan fingerprint density at radius 3 is 2.67 bits per heavy atom. The van der Waals surface area contributed by atoms with Crippen LogP contribution in [0.25, 0.3) is 0 Å². The Balaban J connectivity index is 2.11. The molecule has 0 saturated carbocycles. The lowest BCUT2D eigenvalue weighted by atomic mass is 10.4. The minimum absolute atomic E-state index is 0.124. The van der Waals surface area contributed by atoms with Gasteiger partial charge in [-0.15, -0.1) is 21.8 Å². The number of hydrogen-bond acceptors (Lipinski definition) is 4. The maximum atomic E-state index is 5.88. The van der Waals surface area contributed by atoms with Crippen LogP contribution >= 0.6 is 11.6 Å². The van der Waals surface area contributed by atoms with Crippen molar-refractivity contribution >= 4 is 11.6 Å². The van der Waals surface area contributed by atoms with Crippen LogP contribution in [0.5, 0.6) is 0 Å². The van der Waals surface area contributed by atoms with E-state index in [1.165, 1.54) is 0 Å². The third kappa shape index (κ3) is 2.33.